The minimum atomic E-state index is -3.22. The summed E-state index contributed by atoms with van der Waals surface area (Å²) in [4.78, 5) is 4.19. The van der Waals surface area contributed by atoms with Crippen LogP contribution in [0.1, 0.15) is 18.5 Å². The summed E-state index contributed by atoms with van der Waals surface area (Å²) >= 11 is 0. The van der Waals surface area contributed by atoms with Crippen LogP contribution in [0.5, 0.6) is 5.75 Å². The summed E-state index contributed by atoms with van der Waals surface area (Å²) in [7, 11) is -3.22. The summed E-state index contributed by atoms with van der Waals surface area (Å²) in [6.45, 7) is 4.07. The Hall–Kier alpha value is -1.18. The van der Waals surface area contributed by atoms with Crippen molar-refractivity contribution in [1.29, 1.82) is 0 Å². The van der Waals surface area contributed by atoms with Crippen LogP contribution in [0.2, 0.25) is 0 Å². The van der Waals surface area contributed by atoms with Crippen LogP contribution in [0.3, 0.4) is 0 Å². The summed E-state index contributed by atoms with van der Waals surface area (Å²) in [5.41, 5.74) is 0.826. The van der Waals surface area contributed by atoms with E-state index >= 15 is 0 Å². The number of hydrogen-bond acceptors (Lipinski definition) is 5. The van der Waals surface area contributed by atoms with Crippen LogP contribution < -0.4 is 4.74 Å². The lowest BCUT2D eigenvalue weighted by atomic mass is 10.2. The zero-order valence-electron chi connectivity index (χ0n) is 12.8. The molecule has 2 aliphatic rings. The van der Waals surface area contributed by atoms with Gasteiger partial charge in [-0.1, -0.05) is 0 Å². The summed E-state index contributed by atoms with van der Waals surface area (Å²) < 4.78 is 37.6. The van der Waals surface area contributed by atoms with Crippen LogP contribution in [-0.4, -0.2) is 55.9 Å². The van der Waals surface area contributed by atoms with Gasteiger partial charge in [0.05, 0.1) is 24.6 Å². The van der Waals surface area contributed by atoms with Gasteiger partial charge in [0.2, 0.25) is 10.0 Å². The average Bonchev–Trinajstić information content (AvgIpc) is 3.13. The van der Waals surface area contributed by atoms with Gasteiger partial charge in [0, 0.05) is 19.3 Å². The average molecular weight is 326 g/mol. The van der Waals surface area contributed by atoms with Crippen molar-refractivity contribution in [2.45, 2.75) is 25.9 Å². The van der Waals surface area contributed by atoms with Crippen LogP contribution in [0, 0.1) is 12.8 Å². The van der Waals surface area contributed by atoms with Gasteiger partial charge in [-0.05, 0) is 37.8 Å². The number of nitrogens with zero attached hydrogens (tertiary/aromatic N) is 2. The lowest BCUT2D eigenvalue weighted by molar-refractivity contribution is 0.188. The van der Waals surface area contributed by atoms with Gasteiger partial charge in [-0.3, -0.25) is 4.98 Å². The van der Waals surface area contributed by atoms with Gasteiger partial charge in [-0.2, -0.15) is 4.31 Å². The molecule has 3 rings (SSSR count). The maximum atomic E-state index is 12.5. The van der Waals surface area contributed by atoms with Crippen molar-refractivity contribution in [1.82, 2.24) is 9.29 Å². The maximum Gasteiger partial charge on any atom is 0.214 e. The Morgan fingerprint density at radius 3 is 3.05 bits per heavy atom. The van der Waals surface area contributed by atoms with Gasteiger partial charge in [0.1, 0.15) is 11.9 Å². The van der Waals surface area contributed by atoms with Gasteiger partial charge < -0.3 is 9.47 Å². The molecule has 0 N–H and O–H groups in total. The number of sulfonamides is 1. The number of pyridine rings is 1. The first kappa shape index (κ1) is 15.7. The molecular weight excluding hydrogens is 304 g/mol. The number of aromatic nitrogens is 1. The van der Waals surface area contributed by atoms with Crippen molar-refractivity contribution < 1.29 is 17.9 Å². The summed E-state index contributed by atoms with van der Waals surface area (Å²) in [6.07, 6.45) is 3.17. The molecule has 0 bridgehead atoms. The Morgan fingerprint density at radius 2 is 2.32 bits per heavy atom. The van der Waals surface area contributed by atoms with E-state index in [-0.39, 0.29) is 17.8 Å². The van der Waals surface area contributed by atoms with Gasteiger partial charge in [-0.15, -0.1) is 0 Å². The minimum Gasteiger partial charge on any atom is -0.487 e. The molecule has 1 aromatic rings. The molecule has 3 heterocycles. The second kappa shape index (κ2) is 6.52. The Bertz CT molecular complexity index is 614. The lowest BCUT2D eigenvalue weighted by Gasteiger charge is -2.19. The second-order valence-electron chi connectivity index (χ2n) is 5.98. The monoisotopic (exact) mass is 326 g/mol. The summed E-state index contributed by atoms with van der Waals surface area (Å²) in [5.74, 6) is 1.05. The number of aryl methyl sites for hydroxylation is 1. The molecule has 0 saturated carbocycles. The molecule has 7 heteroatoms. The van der Waals surface area contributed by atoms with E-state index in [1.54, 1.807) is 10.5 Å². The molecule has 1 aromatic heterocycles. The number of hydrogen-bond donors (Lipinski definition) is 0. The van der Waals surface area contributed by atoms with E-state index in [4.69, 9.17) is 9.47 Å². The lowest BCUT2D eigenvalue weighted by Crippen LogP contribution is -2.35. The van der Waals surface area contributed by atoms with Crippen LogP contribution in [0.25, 0.3) is 0 Å². The molecule has 0 aliphatic carbocycles. The normalized spacial score (nSPS) is 26.4. The van der Waals surface area contributed by atoms with E-state index < -0.39 is 10.0 Å². The first-order valence-electron chi connectivity index (χ1n) is 7.68. The predicted octanol–water partition coefficient (Wildman–Crippen LogP) is 1.21. The molecule has 122 valence electrons. The third-order valence-electron chi connectivity index (χ3n) is 4.22. The topological polar surface area (TPSA) is 68.7 Å². The fourth-order valence-corrected chi connectivity index (χ4v) is 4.78. The van der Waals surface area contributed by atoms with E-state index in [0.717, 1.165) is 17.9 Å². The zero-order chi connectivity index (χ0) is 15.6. The van der Waals surface area contributed by atoms with Gasteiger partial charge in [-0.25, -0.2) is 8.42 Å². The molecule has 6 nitrogen and oxygen atoms in total. The van der Waals surface area contributed by atoms with E-state index in [9.17, 15) is 8.42 Å². The van der Waals surface area contributed by atoms with E-state index in [1.807, 2.05) is 19.1 Å². The van der Waals surface area contributed by atoms with Crippen LogP contribution in [0.4, 0.5) is 0 Å². The van der Waals surface area contributed by atoms with Gasteiger partial charge in [0.25, 0.3) is 0 Å². The van der Waals surface area contributed by atoms with Gasteiger partial charge in [0.15, 0.2) is 0 Å². The highest BCUT2D eigenvalue weighted by atomic mass is 32.2. The van der Waals surface area contributed by atoms with Crippen molar-refractivity contribution in [3.63, 3.8) is 0 Å². The van der Waals surface area contributed by atoms with Gasteiger partial charge >= 0.3 is 0 Å². The van der Waals surface area contributed by atoms with Crippen LogP contribution >= 0.6 is 0 Å². The van der Waals surface area contributed by atoms with Crippen LogP contribution in [0.15, 0.2) is 18.3 Å². The first-order chi connectivity index (χ1) is 10.5. The highest BCUT2D eigenvalue weighted by Crippen LogP contribution is 2.24. The molecule has 2 atom stereocenters. The molecule has 22 heavy (non-hydrogen) atoms. The summed E-state index contributed by atoms with van der Waals surface area (Å²) in [6, 6.07) is 3.70. The predicted molar refractivity (Wildman–Crippen MR) is 82.3 cm³/mol. The summed E-state index contributed by atoms with van der Waals surface area (Å²) in [5, 5.41) is 0. The molecule has 2 saturated heterocycles. The Labute approximate surface area is 131 Å². The second-order valence-corrected chi connectivity index (χ2v) is 8.00. The fourth-order valence-electron chi connectivity index (χ4n) is 2.94. The molecule has 0 spiro atoms. The van der Waals surface area contributed by atoms with Crippen molar-refractivity contribution >= 4 is 10.0 Å². The van der Waals surface area contributed by atoms with Crippen LogP contribution in [-0.2, 0) is 14.8 Å². The molecular formula is C15H22N2O4S. The highest BCUT2D eigenvalue weighted by Gasteiger charge is 2.35. The largest absolute Gasteiger partial charge is 0.487 e. The smallest absolute Gasteiger partial charge is 0.214 e. The molecule has 0 radical (unpaired) electrons. The Kier molecular flexibility index (Phi) is 4.65. The zero-order valence-corrected chi connectivity index (χ0v) is 13.6. The third-order valence-corrected chi connectivity index (χ3v) is 6.23. The van der Waals surface area contributed by atoms with Crippen molar-refractivity contribution in [3.05, 3.63) is 24.0 Å². The molecule has 0 unspecified atom stereocenters. The molecule has 0 amide bonds. The Balaban J connectivity index is 1.58. The molecule has 2 aliphatic heterocycles. The number of rotatable bonds is 5. The fraction of sp³-hybridized carbons (Fsp3) is 0.667. The first-order valence-corrected chi connectivity index (χ1v) is 9.29. The highest BCUT2D eigenvalue weighted by molar-refractivity contribution is 7.89. The maximum absolute atomic E-state index is 12.5. The number of ether oxygens (including phenoxy) is 2. The Morgan fingerprint density at radius 1 is 1.45 bits per heavy atom. The molecule has 0 aromatic carbocycles. The standard InChI is InChI=1S/C15H22N2O4S/c1-12-15(3-2-6-16-12)21-14-4-7-17(9-14)22(18,19)11-13-5-8-20-10-13/h2-3,6,13-14H,4-5,7-11H2,1H3/t13-,14+/m1/s1. The van der Waals surface area contributed by atoms with Crippen molar-refractivity contribution in [2.75, 3.05) is 32.1 Å². The minimum absolute atomic E-state index is 0.0995. The van der Waals surface area contributed by atoms with Crippen molar-refractivity contribution in [3.8, 4) is 5.75 Å². The third kappa shape index (κ3) is 3.59. The van der Waals surface area contributed by atoms with Crippen molar-refractivity contribution in [2.24, 2.45) is 5.92 Å². The van der Waals surface area contributed by atoms with E-state index in [2.05, 4.69) is 4.98 Å². The van der Waals surface area contributed by atoms with E-state index in [0.29, 0.717) is 32.7 Å². The molecule has 2 fully saturated rings. The SMILES string of the molecule is Cc1ncccc1O[C@H]1CCN(S(=O)(=O)C[C@@H]2CCOC2)C1. The van der Waals surface area contributed by atoms with E-state index in [1.165, 1.54) is 0 Å². The quantitative estimate of drug-likeness (QED) is 0.813.